The van der Waals surface area contributed by atoms with Gasteiger partial charge in [-0.1, -0.05) is 12.1 Å². The molecule has 4 nitrogen and oxygen atoms in total. The van der Waals surface area contributed by atoms with Crippen molar-refractivity contribution in [2.45, 2.75) is 25.9 Å². The van der Waals surface area contributed by atoms with Crippen molar-refractivity contribution < 1.29 is 0 Å². The molecule has 0 saturated heterocycles. The van der Waals surface area contributed by atoms with E-state index in [0.29, 0.717) is 12.0 Å². The Morgan fingerprint density at radius 2 is 2.16 bits per heavy atom. The number of guanidine groups is 1. The molecule has 0 radical (unpaired) electrons. The maximum atomic E-state index is 5.98. The maximum Gasteiger partial charge on any atom is 0.192 e. The number of rotatable bonds is 2. The largest absolute Gasteiger partial charge is 0.370 e. The van der Waals surface area contributed by atoms with E-state index in [4.69, 9.17) is 5.73 Å². The molecule has 4 heteroatoms. The summed E-state index contributed by atoms with van der Waals surface area (Å²) < 4.78 is 0. The van der Waals surface area contributed by atoms with Crippen LogP contribution in [0.25, 0.3) is 10.9 Å². The van der Waals surface area contributed by atoms with Crippen molar-refractivity contribution >= 4 is 16.9 Å². The van der Waals surface area contributed by atoms with E-state index in [0.717, 1.165) is 17.4 Å². The molecule has 1 aromatic heterocycles. The fraction of sp³-hybridized carbons (Fsp3) is 0.333. The minimum Gasteiger partial charge on any atom is -0.370 e. The standard InChI is InChI=1S/C15H18N4/c1-10(2)19-14(9-18-15(19)16)12-5-6-13-11(8-12)4-3-7-17-13/h3-8,10,14H,9H2,1-2H3,(H2,16,18). The second kappa shape index (κ2) is 4.53. The summed E-state index contributed by atoms with van der Waals surface area (Å²) in [4.78, 5) is 10.9. The Labute approximate surface area is 113 Å². The first-order chi connectivity index (χ1) is 9.16. The molecule has 2 aromatic rings. The Balaban J connectivity index is 2.00. The van der Waals surface area contributed by atoms with Crippen LogP contribution in [0.5, 0.6) is 0 Å². The third-order valence-corrected chi connectivity index (χ3v) is 3.59. The third kappa shape index (κ3) is 2.03. The number of aromatic nitrogens is 1. The quantitative estimate of drug-likeness (QED) is 0.894. The second-order valence-corrected chi connectivity index (χ2v) is 5.17. The van der Waals surface area contributed by atoms with Gasteiger partial charge in [0.15, 0.2) is 5.96 Å². The molecule has 0 bridgehead atoms. The summed E-state index contributed by atoms with van der Waals surface area (Å²) in [6, 6.07) is 11.0. The van der Waals surface area contributed by atoms with E-state index in [9.17, 15) is 0 Å². The van der Waals surface area contributed by atoms with Crippen LogP contribution in [0, 0.1) is 0 Å². The van der Waals surface area contributed by atoms with Crippen molar-refractivity contribution in [3.8, 4) is 0 Å². The number of nitrogens with zero attached hydrogens (tertiary/aromatic N) is 3. The predicted octanol–water partition coefficient (Wildman–Crippen LogP) is 2.31. The Morgan fingerprint density at radius 1 is 1.32 bits per heavy atom. The molecule has 1 unspecified atom stereocenters. The van der Waals surface area contributed by atoms with Crippen LogP contribution in [0.15, 0.2) is 41.5 Å². The minimum absolute atomic E-state index is 0.240. The molecule has 0 amide bonds. The molecule has 19 heavy (non-hydrogen) atoms. The van der Waals surface area contributed by atoms with Crippen molar-refractivity contribution in [3.63, 3.8) is 0 Å². The molecule has 0 spiro atoms. The van der Waals surface area contributed by atoms with Crippen molar-refractivity contribution in [1.29, 1.82) is 0 Å². The summed E-state index contributed by atoms with van der Waals surface area (Å²) in [7, 11) is 0. The number of hydrogen-bond acceptors (Lipinski definition) is 4. The van der Waals surface area contributed by atoms with Gasteiger partial charge in [0.2, 0.25) is 0 Å². The van der Waals surface area contributed by atoms with Crippen LogP contribution in [0.1, 0.15) is 25.5 Å². The van der Waals surface area contributed by atoms with Crippen LogP contribution in [0.2, 0.25) is 0 Å². The van der Waals surface area contributed by atoms with Gasteiger partial charge in [-0.05, 0) is 37.6 Å². The molecule has 98 valence electrons. The number of fused-ring (bicyclic) bond motifs is 1. The van der Waals surface area contributed by atoms with Crippen LogP contribution in [-0.2, 0) is 0 Å². The molecular weight excluding hydrogens is 236 g/mol. The van der Waals surface area contributed by atoms with Gasteiger partial charge in [0.1, 0.15) is 0 Å². The number of pyridine rings is 1. The molecule has 1 aliphatic rings. The van der Waals surface area contributed by atoms with E-state index in [2.05, 4.69) is 53.0 Å². The molecule has 3 rings (SSSR count). The highest BCUT2D eigenvalue weighted by Gasteiger charge is 2.29. The first-order valence-corrected chi connectivity index (χ1v) is 6.60. The lowest BCUT2D eigenvalue weighted by atomic mass is 10.0. The SMILES string of the molecule is CC(C)N1C(N)=NCC1c1ccc2ncccc2c1. The first kappa shape index (κ1) is 12.0. The zero-order chi connectivity index (χ0) is 13.4. The van der Waals surface area contributed by atoms with Gasteiger partial charge in [-0.15, -0.1) is 0 Å². The van der Waals surface area contributed by atoms with Gasteiger partial charge >= 0.3 is 0 Å². The van der Waals surface area contributed by atoms with E-state index in [1.807, 2.05) is 12.3 Å². The van der Waals surface area contributed by atoms with E-state index in [1.165, 1.54) is 5.56 Å². The lowest BCUT2D eigenvalue weighted by Crippen LogP contribution is -2.40. The summed E-state index contributed by atoms with van der Waals surface area (Å²) in [6.07, 6.45) is 1.82. The highest BCUT2D eigenvalue weighted by Crippen LogP contribution is 2.29. The molecule has 1 atom stereocenters. The third-order valence-electron chi connectivity index (χ3n) is 3.59. The molecule has 1 aromatic carbocycles. The van der Waals surface area contributed by atoms with E-state index in [1.54, 1.807) is 0 Å². The van der Waals surface area contributed by atoms with E-state index >= 15 is 0 Å². The first-order valence-electron chi connectivity index (χ1n) is 6.60. The van der Waals surface area contributed by atoms with Crippen LogP contribution >= 0.6 is 0 Å². The van der Waals surface area contributed by atoms with Gasteiger partial charge in [-0.3, -0.25) is 9.98 Å². The Kier molecular flexibility index (Phi) is 2.85. The van der Waals surface area contributed by atoms with Crippen molar-refractivity contribution in [1.82, 2.24) is 9.88 Å². The van der Waals surface area contributed by atoms with Crippen molar-refractivity contribution in [3.05, 3.63) is 42.1 Å². The highest BCUT2D eigenvalue weighted by molar-refractivity contribution is 5.82. The van der Waals surface area contributed by atoms with Crippen LogP contribution in [0.4, 0.5) is 0 Å². The van der Waals surface area contributed by atoms with Crippen LogP contribution in [0.3, 0.4) is 0 Å². The average Bonchev–Trinajstić information content (AvgIpc) is 2.80. The highest BCUT2D eigenvalue weighted by atomic mass is 15.3. The Bertz CT molecular complexity index is 633. The number of nitrogens with two attached hydrogens (primary N) is 1. The van der Waals surface area contributed by atoms with E-state index in [-0.39, 0.29) is 6.04 Å². The van der Waals surface area contributed by atoms with E-state index < -0.39 is 0 Å². The number of aliphatic imine (C=N–C) groups is 1. The Morgan fingerprint density at radius 3 is 2.95 bits per heavy atom. The van der Waals surface area contributed by atoms with Crippen LogP contribution < -0.4 is 5.73 Å². The smallest absolute Gasteiger partial charge is 0.192 e. The monoisotopic (exact) mass is 254 g/mol. The number of hydrogen-bond donors (Lipinski definition) is 1. The van der Waals surface area contributed by atoms with Gasteiger partial charge in [-0.25, -0.2) is 0 Å². The fourth-order valence-corrected chi connectivity index (χ4v) is 2.70. The van der Waals surface area contributed by atoms with Gasteiger partial charge in [0.25, 0.3) is 0 Å². The zero-order valence-corrected chi connectivity index (χ0v) is 11.2. The summed E-state index contributed by atoms with van der Waals surface area (Å²) in [5.74, 6) is 0.645. The molecular formula is C15H18N4. The van der Waals surface area contributed by atoms with Crippen molar-refractivity contribution in [2.24, 2.45) is 10.7 Å². The summed E-state index contributed by atoms with van der Waals surface area (Å²) in [6.45, 7) is 5.02. The summed E-state index contributed by atoms with van der Waals surface area (Å²) in [5, 5.41) is 1.16. The van der Waals surface area contributed by atoms with Crippen molar-refractivity contribution in [2.75, 3.05) is 6.54 Å². The lowest BCUT2D eigenvalue weighted by molar-refractivity contribution is 0.290. The molecule has 2 N–H and O–H groups in total. The normalized spacial score (nSPS) is 19.2. The molecule has 0 fully saturated rings. The Hall–Kier alpha value is -2.10. The molecule has 0 aliphatic carbocycles. The average molecular weight is 254 g/mol. The van der Waals surface area contributed by atoms with Gasteiger partial charge in [-0.2, -0.15) is 0 Å². The zero-order valence-electron chi connectivity index (χ0n) is 11.2. The molecule has 2 heterocycles. The van der Waals surface area contributed by atoms with Gasteiger partial charge < -0.3 is 10.6 Å². The topological polar surface area (TPSA) is 54.5 Å². The number of benzene rings is 1. The molecule has 0 saturated carbocycles. The van der Waals surface area contributed by atoms with Gasteiger partial charge in [0.05, 0.1) is 18.1 Å². The maximum absolute atomic E-state index is 5.98. The predicted molar refractivity (Wildman–Crippen MR) is 77.9 cm³/mol. The fourth-order valence-electron chi connectivity index (χ4n) is 2.70. The lowest BCUT2D eigenvalue weighted by Gasteiger charge is -2.30. The van der Waals surface area contributed by atoms with Crippen LogP contribution in [-0.4, -0.2) is 28.4 Å². The summed E-state index contributed by atoms with van der Waals surface area (Å²) >= 11 is 0. The summed E-state index contributed by atoms with van der Waals surface area (Å²) in [5.41, 5.74) is 8.25. The second-order valence-electron chi connectivity index (χ2n) is 5.17. The minimum atomic E-state index is 0.240. The molecule has 1 aliphatic heterocycles. The van der Waals surface area contributed by atoms with Gasteiger partial charge in [0, 0.05) is 17.6 Å².